The van der Waals surface area contributed by atoms with E-state index in [0.717, 1.165) is 0 Å². The van der Waals surface area contributed by atoms with E-state index in [0.29, 0.717) is 13.0 Å². The first-order chi connectivity index (χ1) is 8.76. The van der Waals surface area contributed by atoms with Crippen LogP contribution in [0.5, 0.6) is 0 Å². The van der Waals surface area contributed by atoms with Gasteiger partial charge in [0.25, 0.3) is 0 Å². The van der Waals surface area contributed by atoms with Crippen LogP contribution in [0.3, 0.4) is 0 Å². The number of anilines is 1. The molecule has 0 amide bonds. The summed E-state index contributed by atoms with van der Waals surface area (Å²) < 4.78 is 0. The van der Waals surface area contributed by atoms with Gasteiger partial charge in [0.2, 0.25) is 11.1 Å². The highest BCUT2D eigenvalue weighted by atomic mass is 35.5. The van der Waals surface area contributed by atoms with Crippen LogP contribution in [0.15, 0.2) is 0 Å². The van der Waals surface area contributed by atoms with Crippen LogP contribution in [0.2, 0.25) is 5.28 Å². The normalized spacial score (nSPS) is 11.4. The van der Waals surface area contributed by atoms with Crippen LogP contribution >= 0.6 is 11.6 Å². The molecule has 19 heavy (non-hydrogen) atoms. The first-order valence-corrected chi connectivity index (χ1v) is 6.18. The molecule has 0 saturated heterocycles. The minimum absolute atomic E-state index is 0.0365. The lowest BCUT2D eigenvalue weighted by Gasteiger charge is -2.24. The topological polar surface area (TPSA) is 101 Å². The van der Waals surface area contributed by atoms with Crippen molar-refractivity contribution >= 4 is 23.1 Å². The van der Waals surface area contributed by atoms with Crippen molar-refractivity contribution in [2.75, 3.05) is 18.5 Å². The predicted molar refractivity (Wildman–Crippen MR) is 72.4 cm³/mol. The fraction of sp³-hybridized carbons (Fsp3) is 0.636. The molecule has 0 radical (unpaired) electrons. The highest BCUT2D eigenvalue weighted by Crippen LogP contribution is 2.28. The summed E-state index contributed by atoms with van der Waals surface area (Å²) in [7, 11) is 0. The second kappa shape index (κ2) is 6.12. The average molecular weight is 289 g/mol. The van der Waals surface area contributed by atoms with Gasteiger partial charge in [0.15, 0.2) is 0 Å². The molecule has 0 bridgehead atoms. The molecule has 0 aliphatic heterocycles. The number of hydrogen-bond acceptors (Lipinski definition) is 6. The molecule has 7 nitrogen and oxygen atoms in total. The second-order valence-corrected chi connectivity index (χ2v) is 5.36. The standard InChI is InChI=1S/C11H17ClN4O3/c1-7-8(16(18)19)9(15-10(12)14-7)13-6-11(2,3)4-5-17/h17H,4-6H2,1-3H3,(H,13,14,15). The first-order valence-electron chi connectivity index (χ1n) is 5.80. The molecule has 106 valence electrons. The number of aliphatic hydroxyl groups excluding tert-OH is 1. The third kappa shape index (κ3) is 4.29. The molecular formula is C11H17ClN4O3. The number of aliphatic hydroxyl groups is 1. The molecule has 2 N–H and O–H groups in total. The predicted octanol–water partition coefficient (Wildman–Crippen LogP) is 2.17. The van der Waals surface area contributed by atoms with Gasteiger partial charge in [-0.25, -0.2) is 4.98 Å². The third-order valence-electron chi connectivity index (χ3n) is 2.74. The fourth-order valence-electron chi connectivity index (χ4n) is 1.59. The summed E-state index contributed by atoms with van der Waals surface area (Å²) in [6.45, 7) is 5.88. The van der Waals surface area contributed by atoms with Crippen molar-refractivity contribution in [3.8, 4) is 0 Å². The fourth-order valence-corrected chi connectivity index (χ4v) is 1.80. The molecule has 1 aromatic rings. The quantitative estimate of drug-likeness (QED) is 0.472. The SMILES string of the molecule is Cc1nc(Cl)nc(NCC(C)(C)CCO)c1[N+](=O)[O-]. The lowest BCUT2D eigenvalue weighted by Crippen LogP contribution is -2.25. The van der Waals surface area contributed by atoms with E-state index in [2.05, 4.69) is 15.3 Å². The monoisotopic (exact) mass is 288 g/mol. The smallest absolute Gasteiger partial charge is 0.332 e. The Labute approximate surface area is 116 Å². The van der Waals surface area contributed by atoms with Crippen LogP contribution in [-0.4, -0.2) is 33.1 Å². The zero-order valence-corrected chi connectivity index (χ0v) is 11.9. The summed E-state index contributed by atoms with van der Waals surface area (Å²) >= 11 is 5.71. The van der Waals surface area contributed by atoms with Crippen molar-refractivity contribution in [2.24, 2.45) is 5.41 Å². The van der Waals surface area contributed by atoms with Crippen molar-refractivity contribution in [1.29, 1.82) is 0 Å². The molecule has 0 fully saturated rings. The van der Waals surface area contributed by atoms with E-state index in [4.69, 9.17) is 16.7 Å². The highest BCUT2D eigenvalue weighted by Gasteiger charge is 2.24. The average Bonchev–Trinajstić information content (AvgIpc) is 2.24. The number of aryl methyl sites for hydroxylation is 1. The van der Waals surface area contributed by atoms with E-state index in [-0.39, 0.29) is 34.5 Å². The Hall–Kier alpha value is -1.47. The summed E-state index contributed by atoms with van der Waals surface area (Å²) in [5.74, 6) is 0.105. The number of rotatable bonds is 6. The Balaban J connectivity index is 2.97. The van der Waals surface area contributed by atoms with E-state index < -0.39 is 4.92 Å². The maximum Gasteiger partial charge on any atom is 0.332 e. The summed E-state index contributed by atoms with van der Waals surface area (Å²) in [6.07, 6.45) is 0.575. The van der Waals surface area contributed by atoms with Crippen molar-refractivity contribution in [3.63, 3.8) is 0 Å². The van der Waals surface area contributed by atoms with Gasteiger partial charge in [0.1, 0.15) is 5.69 Å². The van der Waals surface area contributed by atoms with E-state index in [1.807, 2.05) is 13.8 Å². The lowest BCUT2D eigenvalue weighted by atomic mass is 9.90. The molecule has 1 rings (SSSR count). The largest absolute Gasteiger partial charge is 0.396 e. The summed E-state index contributed by atoms with van der Waals surface area (Å²) in [5.41, 5.74) is -0.176. The number of hydrogen-bond donors (Lipinski definition) is 2. The molecule has 0 spiro atoms. The maximum atomic E-state index is 11.0. The van der Waals surface area contributed by atoms with E-state index in [1.165, 1.54) is 6.92 Å². The number of nitrogens with zero attached hydrogens (tertiary/aromatic N) is 3. The Kier molecular flexibility index (Phi) is 5.02. The molecule has 0 aromatic carbocycles. The van der Waals surface area contributed by atoms with Gasteiger partial charge in [0.05, 0.1) is 4.92 Å². The van der Waals surface area contributed by atoms with Gasteiger partial charge in [-0.15, -0.1) is 0 Å². The highest BCUT2D eigenvalue weighted by molar-refractivity contribution is 6.28. The van der Waals surface area contributed by atoms with Gasteiger partial charge in [0, 0.05) is 13.2 Å². The molecule has 0 unspecified atom stereocenters. The zero-order valence-electron chi connectivity index (χ0n) is 11.1. The van der Waals surface area contributed by atoms with Gasteiger partial charge >= 0.3 is 5.69 Å². The number of halogens is 1. The van der Waals surface area contributed by atoms with Gasteiger partial charge in [-0.05, 0) is 30.4 Å². The van der Waals surface area contributed by atoms with Crippen LogP contribution in [0, 0.1) is 22.5 Å². The van der Waals surface area contributed by atoms with Crippen LogP contribution in [-0.2, 0) is 0 Å². The molecule has 1 aromatic heterocycles. The molecule has 1 heterocycles. The Bertz CT molecular complexity index is 479. The van der Waals surface area contributed by atoms with Gasteiger partial charge < -0.3 is 10.4 Å². The lowest BCUT2D eigenvalue weighted by molar-refractivity contribution is -0.385. The van der Waals surface area contributed by atoms with Crippen molar-refractivity contribution in [1.82, 2.24) is 9.97 Å². The number of nitrogens with one attached hydrogen (secondary N) is 1. The van der Waals surface area contributed by atoms with Crippen LogP contribution in [0.4, 0.5) is 11.5 Å². The van der Waals surface area contributed by atoms with E-state index >= 15 is 0 Å². The van der Waals surface area contributed by atoms with E-state index in [1.54, 1.807) is 0 Å². The van der Waals surface area contributed by atoms with Crippen molar-refractivity contribution < 1.29 is 10.0 Å². The maximum absolute atomic E-state index is 11.0. The van der Waals surface area contributed by atoms with Gasteiger partial charge in [-0.3, -0.25) is 10.1 Å². The summed E-state index contributed by atoms with van der Waals surface area (Å²) in [6, 6.07) is 0. The number of nitro groups is 1. The second-order valence-electron chi connectivity index (χ2n) is 5.02. The Morgan fingerprint density at radius 3 is 2.63 bits per heavy atom. The van der Waals surface area contributed by atoms with Crippen LogP contribution in [0.25, 0.3) is 0 Å². The molecule has 8 heteroatoms. The molecule has 0 aliphatic rings. The summed E-state index contributed by atoms with van der Waals surface area (Å²) in [4.78, 5) is 18.1. The van der Waals surface area contributed by atoms with Crippen LogP contribution < -0.4 is 5.32 Å². The van der Waals surface area contributed by atoms with Gasteiger partial charge in [-0.2, -0.15) is 4.98 Å². The molecule has 0 saturated carbocycles. The summed E-state index contributed by atoms with van der Waals surface area (Å²) in [5, 5.41) is 22.8. The minimum atomic E-state index is -0.535. The molecule has 0 atom stereocenters. The Morgan fingerprint density at radius 1 is 1.47 bits per heavy atom. The molecule has 0 aliphatic carbocycles. The Morgan fingerprint density at radius 2 is 2.11 bits per heavy atom. The van der Waals surface area contributed by atoms with E-state index in [9.17, 15) is 10.1 Å². The van der Waals surface area contributed by atoms with Gasteiger partial charge in [-0.1, -0.05) is 13.8 Å². The van der Waals surface area contributed by atoms with Crippen molar-refractivity contribution in [2.45, 2.75) is 27.2 Å². The van der Waals surface area contributed by atoms with Crippen LogP contribution in [0.1, 0.15) is 26.0 Å². The zero-order chi connectivity index (χ0) is 14.6. The molecular weight excluding hydrogens is 272 g/mol. The number of aromatic nitrogens is 2. The van der Waals surface area contributed by atoms with Crippen molar-refractivity contribution in [3.05, 3.63) is 21.1 Å². The first kappa shape index (κ1) is 15.6. The minimum Gasteiger partial charge on any atom is -0.396 e. The third-order valence-corrected chi connectivity index (χ3v) is 2.91.